The molecule has 0 aliphatic heterocycles. The Balaban J connectivity index is 0.00000162. The van der Waals surface area contributed by atoms with Crippen LogP contribution in [-0.2, 0) is 6.42 Å². The number of nitrogens with two attached hydrogens (primary N) is 1. The zero-order chi connectivity index (χ0) is 12.1. The van der Waals surface area contributed by atoms with Crippen molar-refractivity contribution < 1.29 is 0 Å². The number of halogens is 1. The number of nitrogens with zero attached hydrogens (tertiary/aromatic N) is 1. The van der Waals surface area contributed by atoms with Crippen molar-refractivity contribution in [3.8, 4) is 0 Å². The summed E-state index contributed by atoms with van der Waals surface area (Å²) in [7, 11) is 0. The summed E-state index contributed by atoms with van der Waals surface area (Å²) in [4.78, 5) is 3.99. The number of pyridine rings is 1. The second-order valence-electron chi connectivity index (χ2n) is 3.77. The molecule has 1 aromatic heterocycles. The minimum absolute atomic E-state index is 0. The van der Waals surface area contributed by atoms with E-state index in [9.17, 15) is 0 Å². The van der Waals surface area contributed by atoms with E-state index in [2.05, 4.69) is 10.3 Å². The largest absolute Gasteiger partial charge is 0.370 e. The minimum Gasteiger partial charge on any atom is -0.370 e. The topological polar surface area (TPSA) is 74.8 Å². The Morgan fingerprint density at radius 3 is 2.17 bits per heavy atom. The van der Waals surface area contributed by atoms with Crippen LogP contribution in [0.3, 0.4) is 0 Å². The second-order valence-corrected chi connectivity index (χ2v) is 3.77. The second kappa shape index (κ2) is 6.61. The van der Waals surface area contributed by atoms with Crippen LogP contribution in [0.15, 0.2) is 48.8 Å². The maximum absolute atomic E-state index is 7.12. The molecule has 0 aliphatic rings. The molecule has 1 aromatic carbocycles. The Morgan fingerprint density at radius 1 is 1.06 bits per heavy atom. The maximum Gasteiger partial charge on any atom is 0.190 e. The highest BCUT2D eigenvalue weighted by Crippen LogP contribution is 2.12. The van der Waals surface area contributed by atoms with E-state index in [4.69, 9.17) is 11.1 Å². The molecule has 0 radical (unpaired) electrons. The lowest BCUT2D eigenvalue weighted by atomic mass is 10.1. The molecule has 0 atom stereocenters. The molecule has 0 amide bonds. The molecule has 0 bridgehead atoms. The van der Waals surface area contributed by atoms with Crippen LogP contribution in [0.25, 0.3) is 0 Å². The molecule has 0 fully saturated rings. The predicted molar refractivity (Wildman–Crippen MR) is 76.3 cm³/mol. The average molecular weight is 263 g/mol. The van der Waals surface area contributed by atoms with Crippen LogP contribution in [0, 0.1) is 5.41 Å². The zero-order valence-electron chi connectivity index (χ0n) is 9.76. The van der Waals surface area contributed by atoms with Gasteiger partial charge in [-0.05, 0) is 41.8 Å². The quantitative estimate of drug-likeness (QED) is 0.587. The molecule has 2 aromatic rings. The molecule has 94 valence electrons. The maximum atomic E-state index is 7.12. The van der Waals surface area contributed by atoms with E-state index >= 15 is 0 Å². The Labute approximate surface area is 112 Å². The summed E-state index contributed by atoms with van der Waals surface area (Å²) in [6.07, 6.45) is 4.46. The number of benzene rings is 1. The van der Waals surface area contributed by atoms with E-state index in [1.165, 1.54) is 11.1 Å². The molecule has 2 rings (SSSR count). The molecular formula is C13H15ClN4. The van der Waals surface area contributed by atoms with Crippen molar-refractivity contribution in [2.24, 2.45) is 5.73 Å². The van der Waals surface area contributed by atoms with Crippen LogP contribution >= 0.6 is 12.4 Å². The smallest absolute Gasteiger partial charge is 0.190 e. The summed E-state index contributed by atoms with van der Waals surface area (Å²) >= 11 is 0. The number of hydrogen-bond donors (Lipinski definition) is 3. The van der Waals surface area contributed by atoms with Gasteiger partial charge in [0.2, 0.25) is 0 Å². The first kappa shape index (κ1) is 14.0. The minimum atomic E-state index is -0.0492. The van der Waals surface area contributed by atoms with Gasteiger partial charge in [-0.15, -0.1) is 12.4 Å². The van der Waals surface area contributed by atoms with Gasteiger partial charge >= 0.3 is 0 Å². The fourth-order valence-electron chi connectivity index (χ4n) is 1.60. The highest BCUT2D eigenvalue weighted by Gasteiger charge is 1.97. The lowest BCUT2D eigenvalue weighted by Gasteiger charge is -2.05. The van der Waals surface area contributed by atoms with E-state index in [1.807, 2.05) is 36.4 Å². The van der Waals surface area contributed by atoms with Crippen LogP contribution in [0.2, 0.25) is 0 Å². The van der Waals surface area contributed by atoms with Gasteiger partial charge in [-0.2, -0.15) is 0 Å². The first-order valence-corrected chi connectivity index (χ1v) is 5.33. The average Bonchev–Trinajstić information content (AvgIpc) is 2.32. The van der Waals surface area contributed by atoms with Gasteiger partial charge in [0.25, 0.3) is 0 Å². The summed E-state index contributed by atoms with van der Waals surface area (Å²) in [5.41, 5.74) is 8.52. The van der Waals surface area contributed by atoms with Crippen molar-refractivity contribution in [3.05, 3.63) is 59.9 Å². The van der Waals surface area contributed by atoms with Gasteiger partial charge in [-0.25, -0.2) is 0 Å². The number of nitrogens with one attached hydrogen (secondary N) is 2. The molecule has 4 N–H and O–H groups in total. The van der Waals surface area contributed by atoms with Crippen LogP contribution < -0.4 is 11.1 Å². The molecule has 0 saturated heterocycles. The predicted octanol–water partition coefficient (Wildman–Crippen LogP) is 2.40. The molecule has 0 aliphatic carbocycles. The number of guanidine groups is 1. The van der Waals surface area contributed by atoms with Gasteiger partial charge in [0, 0.05) is 18.1 Å². The van der Waals surface area contributed by atoms with Crippen molar-refractivity contribution in [2.45, 2.75) is 6.42 Å². The van der Waals surface area contributed by atoms with Gasteiger partial charge in [0.15, 0.2) is 5.96 Å². The zero-order valence-corrected chi connectivity index (χ0v) is 10.6. The van der Waals surface area contributed by atoms with E-state index in [0.717, 1.165) is 12.1 Å². The third kappa shape index (κ3) is 4.07. The fraction of sp³-hybridized carbons (Fsp3) is 0.0769. The first-order valence-electron chi connectivity index (χ1n) is 5.33. The highest BCUT2D eigenvalue weighted by atomic mass is 35.5. The normalized spacial score (nSPS) is 9.33. The Hall–Kier alpha value is -2.07. The summed E-state index contributed by atoms with van der Waals surface area (Å²) in [6, 6.07) is 11.9. The summed E-state index contributed by atoms with van der Waals surface area (Å²) in [6.45, 7) is 0. The van der Waals surface area contributed by atoms with Crippen molar-refractivity contribution >= 4 is 24.1 Å². The van der Waals surface area contributed by atoms with Crippen LogP contribution in [0.5, 0.6) is 0 Å². The number of hydrogen-bond acceptors (Lipinski definition) is 2. The van der Waals surface area contributed by atoms with E-state index < -0.39 is 0 Å². The van der Waals surface area contributed by atoms with Crippen LogP contribution in [-0.4, -0.2) is 10.9 Å². The first-order chi connectivity index (χ1) is 8.24. The standard InChI is InChI=1S/C13H14N4.ClH/c14-13(15)17-12-3-1-10(2-4-12)9-11-5-7-16-8-6-11;/h1-8H,9H2,(H4,14,15,17);1H. The number of rotatable bonds is 3. The van der Waals surface area contributed by atoms with Crippen molar-refractivity contribution in [2.75, 3.05) is 5.32 Å². The lowest BCUT2D eigenvalue weighted by molar-refractivity contribution is 1.16. The van der Waals surface area contributed by atoms with E-state index in [1.54, 1.807) is 12.4 Å². The van der Waals surface area contributed by atoms with Crippen molar-refractivity contribution in [3.63, 3.8) is 0 Å². The monoisotopic (exact) mass is 262 g/mol. The fourth-order valence-corrected chi connectivity index (χ4v) is 1.60. The third-order valence-electron chi connectivity index (χ3n) is 2.39. The van der Waals surface area contributed by atoms with E-state index in [0.29, 0.717) is 0 Å². The molecule has 5 heteroatoms. The van der Waals surface area contributed by atoms with Gasteiger partial charge in [0.05, 0.1) is 0 Å². The van der Waals surface area contributed by atoms with Crippen LogP contribution in [0.4, 0.5) is 5.69 Å². The summed E-state index contributed by atoms with van der Waals surface area (Å²) in [5.74, 6) is -0.0492. The summed E-state index contributed by atoms with van der Waals surface area (Å²) < 4.78 is 0. The molecule has 0 saturated carbocycles. The molecular weight excluding hydrogens is 248 g/mol. The highest BCUT2D eigenvalue weighted by molar-refractivity contribution is 5.89. The third-order valence-corrected chi connectivity index (χ3v) is 2.39. The molecule has 1 heterocycles. The Kier molecular flexibility index (Phi) is 5.14. The van der Waals surface area contributed by atoms with Gasteiger partial charge < -0.3 is 11.1 Å². The molecule has 4 nitrogen and oxygen atoms in total. The van der Waals surface area contributed by atoms with E-state index in [-0.39, 0.29) is 18.4 Å². The summed E-state index contributed by atoms with van der Waals surface area (Å²) in [5, 5.41) is 9.87. The van der Waals surface area contributed by atoms with Crippen molar-refractivity contribution in [1.82, 2.24) is 4.98 Å². The Bertz CT molecular complexity index is 496. The van der Waals surface area contributed by atoms with Gasteiger partial charge in [0.1, 0.15) is 0 Å². The van der Waals surface area contributed by atoms with Gasteiger partial charge in [-0.3, -0.25) is 10.4 Å². The Morgan fingerprint density at radius 2 is 1.61 bits per heavy atom. The number of aromatic nitrogens is 1. The van der Waals surface area contributed by atoms with Crippen LogP contribution in [0.1, 0.15) is 11.1 Å². The molecule has 18 heavy (non-hydrogen) atoms. The SMILES string of the molecule is Cl.N=C(N)Nc1ccc(Cc2ccncc2)cc1. The molecule has 0 unspecified atom stereocenters. The lowest BCUT2D eigenvalue weighted by Crippen LogP contribution is -2.20. The van der Waals surface area contributed by atoms with Crippen molar-refractivity contribution in [1.29, 1.82) is 5.41 Å². The number of anilines is 1. The molecule has 0 spiro atoms. The van der Waals surface area contributed by atoms with Gasteiger partial charge in [-0.1, -0.05) is 12.1 Å².